The summed E-state index contributed by atoms with van der Waals surface area (Å²) in [6, 6.07) is 17.7. The van der Waals surface area contributed by atoms with E-state index in [1.54, 1.807) is 0 Å². The minimum atomic E-state index is 0. The lowest BCUT2D eigenvalue weighted by molar-refractivity contribution is -0.0000136. The number of para-hydroxylation sites is 1. The van der Waals surface area contributed by atoms with Crippen LogP contribution in [0, 0.1) is 0 Å². The Labute approximate surface area is 158 Å². The third-order valence-corrected chi connectivity index (χ3v) is 4.23. The van der Waals surface area contributed by atoms with E-state index >= 15 is 0 Å². The van der Waals surface area contributed by atoms with Gasteiger partial charge >= 0.3 is 1.43 Å². The molecule has 0 N–H and O–H groups in total. The van der Waals surface area contributed by atoms with E-state index in [0.29, 0.717) is 24.3 Å². The highest BCUT2D eigenvalue weighted by molar-refractivity contribution is 5.98. The lowest BCUT2D eigenvalue weighted by Gasteiger charge is -2.18. The SMILES string of the molecule is CCN(CC)CCOc1ccccc1C(=O)CCc1ccccc1.[Cl-].[H+]. The number of carbonyl (C=O) groups excluding carboxylic acids is 1. The maximum atomic E-state index is 12.6. The Kier molecular flexibility index (Phi) is 9.90. The van der Waals surface area contributed by atoms with Crippen molar-refractivity contribution in [2.75, 3.05) is 26.2 Å². The molecular formula is C21H28ClNO2. The second-order valence-electron chi connectivity index (χ2n) is 5.78. The first-order chi connectivity index (χ1) is 11.7. The molecule has 0 radical (unpaired) electrons. The van der Waals surface area contributed by atoms with Crippen LogP contribution in [0.15, 0.2) is 54.6 Å². The van der Waals surface area contributed by atoms with E-state index < -0.39 is 0 Å². The van der Waals surface area contributed by atoms with Crippen molar-refractivity contribution >= 4 is 5.78 Å². The number of halogens is 1. The summed E-state index contributed by atoms with van der Waals surface area (Å²) in [5.74, 6) is 0.833. The molecule has 0 saturated heterocycles. The van der Waals surface area contributed by atoms with Gasteiger partial charge in [0.15, 0.2) is 5.78 Å². The Hall–Kier alpha value is -1.84. The smallest absolute Gasteiger partial charge is 1.00 e. The zero-order chi connectivity index (χ0) is 17.2. The van der Waals surface area contributed by atoms with E-state index in [4.69, 9.17) is 4.74 Å². The summed E-state index contributed by atoms with van der Waals surface area (Å²) in [7, 11) is 0. The third-order valence-electron chi connectivity index (χ3n) is 4.23. The van der Waals surface area contributed by atoms with Gasteiger partial charge in [-0.2, -0.15) is 0 Å². The van der Waals surface area contributed by atoms with Crippen LogP contribution in [0.2, 0.25) is 0 Å². The van der Waals surface area contributed by atoms with Gasteiger partial charge in [0, 0.05) is 13.0 Å². The fourth-order valence-electron chi connectivity index (χ4n) is 2.68. The predicted molar refractivity (Wildman–Crippen MR) is 99.9 cm³/mol. The second-order valence-corrected chi connectivity index (χ2v) is 5.78. The van der Waals surface area contributed by atoms with Gasteiger partial charge in [-0.15, -0.1) is 0 Å². The zero-order valence-corrected chi connectivity index (χ0v) is 15.8. The highest BCUT2D eigenvalue weighted by atomic mass is 35.5. The Morgan fingerprint density at radius 3 is 2.32 bits per heavy atom. The van der Waals surface area contributed by atoms with Gasteiger partial charge in [0.25, 0.3) is 0 Å². The molecule has 3 nitrogen and oxygen atoms in total. The van der Waals surface area contributed by atoms with Crippen molar-refractivity contribution in [3.8, 4) is 5.75 Å². The molecule has 0 atom stereocenters. The van der Waals surface area contributed by atoms with E-state index in [0.717, 1.165) is 26.1 Å². The molecule has 2 aromatic rings. The number of aryl methyl sites for hydroxylation is 1. The molecule has 0 fully saturated rings. The van der Waals surface area contributed by atoms with Gasteiger partial charge in [0.1, 0.15) is 12.4 Å². The summed E-state index contributed by atoms with van der Waals surface area (Å²) in [6.45, 7) is 7.79. The van der Waals surface area contributed by atoms with Gasteiger partial charge in [0.05, 0.1) is 5.56 Å². The summed E-state index contributed by atoms with van der Waals surface area (Å²) in [6.07, 6.45) is 1.26. The van der Waals surface area contributed by atoms with Crippen LogP contribution in [-0.4, -0.2) is 36.9 Å². The number of nitrogens with zero attached hydrogens (tertiary/aromatic N) is 1. The lowest BCUT2D eigenvalue weighted by atomic mass is 10.0. The number of ketones is 1. The van der Waals surface area contributed by atoms with Crippen molar-refractivity contribution in [2.45, 2.75) is 26.7 Å². The standard InChI is InChI=1S/C21H27NO2.ClH/c1-3-22(4-2)16-17-24-21-13-9-8-12-19(21)20(23)15-14-18-10-6-5-7-11-18;/h5-13H,3-4,14-17H2,1-2H3;1H. The summed E-state index contributed by atoms with van der Waals surface area (Å²) < 4.78 is 5.88. The second kappa shape index (κ2) is 11.7. The van der Waals surface area contributed by atoms with Crippen LogP contribution in [0.4, 0.5) is 0 Å². The molecule has 0 amide bonds. The fourth-order valence-corrected chi connectivity index (χ4v) is 2.68. The molecule has 0 aromatic heterocycles. The Bertz CT molecular complexity index is 633. The lowest BCUT2D eigenvalue weighted by Crippen LogP contribution is -3.00. The number of rotatable bonds is 10. The number of hydrogen-bond donors (Lipinski definition) is 0. The molecule has 0 heterocycles. The molecule has 136 valence electrons. The van der Waals surface area contributed by atoms with E-state index in [2.05, 4.69) is 30.9 Å². The van der Waals surface area contributed by atoms with Gasteiger partial charge in [-0.1, -0.05) is 56.3 Å². The quantitative estimate of drug-likeness (QED) is 0.598. The van der Waals surface area contributed by atoms with Crippen molar-refractivity contribution in [1.82, 2.24) is 4.90 Å². The van der Waals surface area contributed by atoms with Crippen LogP contribution >= 0.6 is 0 Å². The van der Waals surface area contributed by atoms with Gasteiger partial charge in [-0.3, -0.25) is 4.79 Å². The zero-order valence-electron chi connectivity index (χ0n) is 16.1. The number of likely N-dealkylation sites (N-methyl/N-ethyl adjacent to an activating group) is 1. The summed E-state index contributed by atoms with van der Waals surface area (Å²) in [4.78, 5) is 14.9. The van der Waals surface area contributed by atoms with Crippen LogP contribution in [0.3, 0.4) is 0 Å². The Morgan fingerprint density at radius 2 is 1.64 bits per heavy atom. The first-order valence-corrected chi connectivity index (χ1v) is 8.75. The summed E-state index contributed by atoms with van der Waals surface area (Å²) in [5.41, 5.74) is 1.87. The molecule has 4 heteroatoms. The normalized spacial score (nSPS) is 10.4. The van der Waals surface area contributed by atoms with Crippen molar-refractivity contribution in [2.24, 2.45) is 0 Å². The molecule has 2 aromatic carbocycles. The topological polar surface area (TPSA) is 29.5 Å². The molecule has 0 aliphatic carbocycles. The number of benzene rings is 2. The summed E-state index contributed by atoms with van der Waals surface area (Å²) in [5, 5.41) is 0. The Balaban J connectivity index is 0.00000312. The number of carbonyl (C=O) groups is 1. The van der Waals surface area contributed by atoms with Crippen LogP contribution in [0.25, 0.3) is 0 Å². The van der Waals surface area contributed by atoms with Crippen molar-refractivity contribution in [1.29, 1.82) is 0 Å². The maximum Gasteiger partial charge on any atom is 1.00 e. The first-order valence-electron chi connectivity index (χ1n) is 8.75. The minimum absolute atomic E-state index is 0. The first kappa shape index (κ1) is 21.2. The maximum absolute atomic E-state index is 12.6. The largest absolute Gasteiger partial charge is 1.00 e. The monoisotopic (exact) mass is 361 g/mol. The van der Waals surface area contributed by atoms with Gasteiger partial charge in [-0.05, 0) is 37.2 Å². The van der Waals surface area contributed by atoms with E-state index in [1.807, 2.05) is 42.5 Å². The molecule has 0 aliphatic heterocycles. The molecule has 0 aliphatic rings. The highest BCUT2D eigenvalue weighted by Gasteiger charge is 2.12. The van der Waals surface area contributed by atoms with Crippen molar-refractivity contribution in [3.63, 3.8) is 0 Å². The van der Waals surface area contributed by atoms with Crippen LogP contribution in [-0.2, 0) is 6.42 Å². The molecule has 0 unspecified atom stereocenters. The average Bonchev–Trinajstić information content (AvgIpc) is 2.64. The highest BCUT2D eigenvalue weighted by Crippen LogP contribution is 2.20. The number of ether oxygens (including phenoxy) is 1. The molecule has 0 saturated carbocycles. The van der Waals surface area contributed by atoms with E-state index in [1.165, 1.54) is 5.56 Å². The summed E-state index contributed by atoms with van der Waals surface area (Å²) >= 11 is 0. The van der Waals surface area contributed by atoms with Crippen LogP contribution in [0.5, 0.6) is 5.75 Å². The Morgan fingerprint density at radius 1 is 1.00 bits per heavy atom. The minimum Gasteiger partial charge on any atom is -1.00 e. The van der Waals surface area contributed by atoms with Crippen molar-refractivity contribution in [3.05, 3.63) is 65.7 Å². The predicted octanol–water partition coefficient (Wildman–Crippen LogP) is 1.34. The molecule has 2 rings (SSSR count). The third kappa shape index (κ3) is 6.89. The average molecular weight is 362 g/mol. The molecule has 25 heavy (non-hydrogen) atoms. The fraction of sp³-hybridized carbons (Fsp3) is 0.381. The van der Waals surface area contributed by atoms with Crippen LogP contribution in [0.1, 0.15) is 37.6 Å². The number of hydrogen-bond acceptors (Lipinski definition) is 3. The molecule has 0 bridgehead atoms. The van der Waals surface area contributed by atoms with E-state index in [-0.39, 0.29) is 19.6 Å². The number of Topliss-reactive ketones (excluding diaryl/α,β-unsaturated/α-hetero) is 1. The molecular weight excluding hydrogens is 334 g/mol. The van der Waals surface area contributed by atoms with Crippen LogP contribution < -0.4 is 17.1 Å². The molecule has 0 spiro atoms. The van der Waals surface area contributed by atoms with Crippen molar-refractivity contribution < 1.29 is 23.4 Å². The van der Waals surface area contributed by atoms with E-state index in [9.17, 15) is 4.79 Å². The van der Waals surface area contributed by atoms with Gasteiger partial charge < -0.3 is 22.0 Å². The van der Waals surface area contributed by atoms with Gasteiger partial charge in [0.2, 0.25) is 0 Å². The van der Waals surface area contributed by atoms with Gasteiger partial charge in [-0.25, -0.2) is 0 Å².